The highest BCUT2D eigenvalue weighted by atomic mass is 32.2. The minimum absolute atomic E-state index is 0.0000359. The molecule has 0 spiro atoms. The number of pyridine rings is 1. The highest BCUT2D eigenvalue weighted by molar-refractivity contribution is 7.89. The Morgan fingerprint density at radius 2 is 2.00 bits per heavy atom. The standard InChI is InChI=1S/C20H21F4N5O4S/c1-19(10-34(31,32)29(3)18(25)28-19)13-6-11(7-14(21)16(13)22)27-17(30)15-5-4-12(8-26-15)33-9-20(2,23)24/h4-8H,9-10H2,1-3H3,(H2,25,28)(H,27,30)/t19-/m0/s1. The molecule has 34 heavy (non-hydrogen) atoms. The van der Waals surface area contributed by atoms with Gasteiger partial charge in [-0.15, -0.1) is 0 Å². The van der Waals surface area contributed by atoms with Gasteiger partial charge in [0.05, 0.1) is 11.9 Å². The second kappa shape index (κ2) is 8.74. The number of anilines is 1. The Labute approximate surface area is 192 Å². The van der Waals surface area contributed by atoms with Crippen LogP contribution in [-0.4, -0.2) is 54.9 Å². The minimum Gasteiger partial charge on any atom is -0.486 e. The third kappa shape index (κ3) is 5.38. The number of carbonyl (C=O) groups is 1. The number of halogens is 4. The summed E-state index contributed by atoms with van der Waals surface area (Å²) in [5.41, 5.74) is 3.10. The molecule has 2 aromatic rings. The Morgan fingerprint density at radius 3 is 2.56 bits per heavy atom. The van der Waals surface area contributed by atoms with E-state index in [4.69, 9.17) is 10.5 Å². The van der Waals surface area contributed by atoms with E-state index >= 15 is 0 Å². The van der Waals surface area contributed by atoms with Crippen LogP contribution in [-0.2, 0) is 15.6 Å². The minimum atomic E-state index is -3.96. The Morgan fingerprint density at radius 1 is 1.32 bits per heavy atom. The Kier molecular flexibility index (Phi) is 6.48. The van der Waals surface area contributed by atoms with Crippen molar-refractivity contribution < 1.29 is 35.5 Å². The third-order valence-corrected chi connectivity index (χ3v) is 6.84. The fourth-order valence-corrected chi connectivity index (χ4v) is 4.60. The molecular weight excluding hydrogens is 482 g/mol. The van der Waals surface area contributed by atoms with E-state index in [1.807, 2.05) is 0 Å². The number of rotatable bonds is 6. The Hall–Kier alpha value is -3.42. The SMILES string of the molecule is CN1C(N)=N[C@](C)(c2cc(NC(=O)c3ccc(OCC(C)(F)F)cn3)cc(F)c2F)CS1(=O)=O. The number of hydrogen-bond acceptors (Lipinski definition) is 7. The number of alkyl halides is 2. The normalized spacial score (nSPS) is 20.0. The zero-order valence-electron chi connectivity index (χ0n) is 18.3. The van der Waals surface area contributed by atoms with Gasteiger partial charge in [0.15, 0.2) is 18.2 Å². The van der Waals surface area contributed by atoms with Gasteiger partial charge in [-0.05, 0) is 25.1 Å². The number of nitrogens with two attached hydrogens (primary N) is 1. The summed E-state index contributed by atoms with van der Waals surface area (Å²) in [7, 11) is -2.78. The molecule has 14 heteroatoms. The van der Waals surface area contributed by atoms with Gasteiger partial charge in [0.2, 0.25) is 16.0 Å². The predicted molar refractivity (Wildman–Crippen MR) is 115 cm³/mol. The molecule has 3 rings (SSSR count). The molecule has 1 aliphatic rings. The van der Waals surface area contributed by atoms with Crippen LogP contribution in [0.3, 0.4) is 0 Å². The topological polar surface area (TPSA) is 127 Å². The van der Waals surface area contributed by atoms with Gasteiger partial charge in [0.1, 0.15) is 17.0 Å². The van der Waals surface area contributed by atoms with Crippen molar-refractivity contribution in [3.8, 4) is 5.75 Å². The summed E-state index contributed by atoms with van der Waals surface area (Å²) >= 11 is 0. The number of aromatic nitrogens is 1. The fourth-order valence-electron chi connectivity index (χ4n) is 3.15. The van der Waals surface area contributed by atoms with E-state index in [1.54, 1.807) is 0 Å². The number of nitrogens with zero attached hydrogens (tertiary/aromatic N) is 3. The van der Waals surface area contributed by atoms with Crippen molar-refractivity contribution in [3.05, 3.63) is 53.4 Å². The molecule has 1 aliphatic heterocycles. The van der Waals surface area contributed by atoms with Gasteiger partial charge in [-0.25, -0.2) is 40.3 Å². The van der Waals surface area contributed by atoms with Crippen LogP contribution in [0.4, 0.5) is 23.2 Å². The zero-order valence-corrected chi connectivity index (χ0v) is 19.1. The monoisotopic (exact) mass is 503 g/mol. The quantitative estimate of drug-likeness (QED) is 0.583. The molecule has 3 N–H and O–H groups in total. The largest absolute Gasteiger partial charge is 0.486 e. The number of carbonyl (C=O) groups excluding carboxylic acids is 1. The molecular formula is C20H21F4N5O4S. The highest BCUT2D eigenvalue weighted by Crippen LogP contribution is 2.35. The lowest BCUT2D eigenvalue weighted by atomic mass is 9.93. The number of amides is 1. The Bertz CT molecular complexity index is 1250. The fraction of sp³-hybridized carbons (Fsp3) is 0.350. The molecule has 0 fully saturated rings. The van der Waals surface area contributed by atoms with Gasteiger partial charge >= 0.3 is 0 Å². The number of nitrogens with one attached hydrogen (secondary N) is 1. The summed E-state index contributed by atoms with van der Waals surface area (Å²) in [4.78, 5) is 20.3. The highest BCUT2D eigenvalue weighted by Gasteiger charge is 2.42. The van der Waals surface area contributed by atoms with Crippen LogP contribution in [0.15, 0.2) is 35.5 Å². The lowest BCUT2D eigenvalue weighted by Gasteiger charge is -2.34. The molecule has 184 valence electrons. The van der Waals surface area contributed by atoms with Crippen molar-refractivity contribution >= 4 is 27.6 Å². The second-order valence-corrected chi connectivity index (χ2v) is 9.98. The van der Waals surface area contributed by atoms with Gasteiger partial charge in [0, 0.05) is 31.3 Å². The Balaban J connectivity index is 1.86. The zero-order chi connectivity index (χ0) is 25.5. The number of ether oxygens (including phenoxy) is 1. The lowest BCUT2D eigenvalue weighted by Crippen LogP contribution is -2.50. The molecule has 0 unspecified atom stereocenters. The summed E-state index contributed by atoms with van der Waals surface area (Å²) in [6, 6.07) is 4.19. The van der Waals surface area contributed by atoms with Gasteiger partial charge in [0.25, 0.3) is 11.8 Å². The first-order chi connectivity index (χ1) is 15.6. The molecule has 1 aromatic carbocycles. The van der Waals surface area contributed by atoms with Crippen LogP contribution in [0.2, 0.25) is 0 Å². The summed E-state index contributed by atoms with van der Waals surface area (Å²) in [5.74, 6) is -7.67. The first-order valence-electron chi connectivity index (χ1n) is 9.71. The molecule has 0 radical (unpaired) electrons. The molecule has 1 amide bonds. The van der Waals surface area contributed by atoms with E-state index < -0.39 is 62.9 Å². The molecule has 0 saturated heterocycles. The molecule has 0 bridgehead atoms. The number of guanidine groups is 1. The van der Waals surface area contributed by atoms with Crippen molar-refractivity contribution in [1.82, 2.24) is 9.29 Å². The first kappa shape index (κ1) is 25.2. The number of aliphatic imine (C=N–C) groups is 1. The van der Waals surface area contributed by atoms with E-state index in [0.29, 0.717) is 13.0 Å². The van der Waals surface area contributed by atoms with Crippen LogP contribution >= 0.6 is 0 Å². The summed E-state index contributed by atoms with van der Waals surface area (Å²) in [6.07, 6.45) is 1.05. The lowest BCUT2D eigenvalue weighted by molar-refractivity contribution is -0.0230. The van der Waals surface area contributed by atoms with Gasteiger partial charge in [-0.1, -0.05) is 0 Å². The van der Waals surface area contributed by atoms with E-state index in [0.717, 1.165) is 16.6 Å². The maximum Gasteiger partial charge on any atom is 0.278 e. The maximum absolute atomic E-state index is 14.7. The van der Waals surface area contributed by atoms with Gasteiger partial charge < -0.3 is 15.8 Å². The second-order valence-electron chi connectivity index (χ2n) is 7.98. The molecule has 1 atom stereocenters. The molecule has 9 nitrogen and oxygen atoms in total. The maximum atomic E-state index is 14.7. The summed E-state index contributed by atoms with van der Waals surface area (Å²) in [5, 5.41) is 2.33. The van der Waals surface area contributed by atoms with Crippen LogP contribution in [0.5, 0.6) is 5.75 Å². The molecule has 2 heterocycles. The summed E-state index contributed by atoms with van der Waals surface area (Å²) < 4.78 is 85.1. The van der Waals surface area contributed by atoms with E-state index in [-0.39, 0.29) is 17.1 Å². The van der Waals surface area contributed by atoms with Crippen LogP contribution in [0.25, 0.3) is 0 Å². The van der Waals surface area contributed by atoms with Crippen molar-refractivity contribution in [2.45, 2.75) is 25.3 Å². The number of sulfonamides is 1. The van der Waals surface area contributed by atoms with Gasteiger partial charge in [-0.3, -0.25) is 4.79 Å². The van der Waals surface area contributed by atoms with Gasteiger partial charge in [-0.2, -0.15) is 0 Å². The van der Waals surface area contributed by atoms with Crippen molar-refractivity contribution in [2.24, 2.45) is 10.7 Å². The average molecular weight is 503 g/mol. The van der Waals surface area contributed by atoms with E-state index in [1.165, 1.54) is 26.1 Å². The smallest absolute Gasteiger partial charge is 0.278 e. The molecule has 0 aliphatic carbocycles. The van der Waals surface area contributed by atoms with E-state index in [9.17, 15) is 30.8 Å². The molecule has 1 aromatic heterocycles. The predicted octanol–water partition coefficient (Wildman–Crippen LogP) is 2.45. The third-order valence-electron chi connectivity index (χ3n) is 4.89. The van der Waals surface area contributed by atoms with Crippen LogP contribution in [0.1, 0.15) is 29.9 Å². The van der Waals surface area contributed by atoms with Crippen LogP contribution < -0.4 is 15.8 Å². The average Bonchev–Trinajstić information content (AvgIpc) is 2.72. The van der Waals surface area contributed by atoms with Crippen molar-refractivity contribution in [1.29, 1.82) is 0 Å². The van der Waals surface area contributed by atoms with Crippen molar-refractivity contribution in [2.75, 3.05) is 24.7 Å². The number of benzene rings is 1. The summed E-state index contributed by atoms with van der Waals surface area (Å²) in [6.45, 7) is 1.07. The van der Waals surface area contributed by atoms with E-state index in [2.05, 4.69) is 15.3 Å². The van der Waals surface area contributed by atoms with Crippen molar-refractivity contribution in [3.63, 3.8) is 0 Å². The first-order valence-corrected chi connectivity index (χ1v) is 11.3. The number of hydrogen-bond donors (Lipinski definition) is 2. The molecule has 0 saturated carbocycles. The van der Waals surface area contributed by atoms with Crippen LogP contribution in [0, 0.1) is 11.6 Å².